The molecule has 23 heavy (non-hydrogen) atoms. The van der Waals surface area contributed by atoms with Crippen LogP contribution in [0.1, 0.15) is 17.5 Å². The fourth-order valence-corrected chi connectivity index (χ4v) is 3.32. The maximum absolute atomic E-state index is 14.1. The molecule has 1 aliphatic rings. The van der Waals surface area contributed by atoms with Crippen molar-refractivity contribution in [1.82, 2.24) is 4.90 Å². The maximum Gasteiger partial charge on any atom is 0.399 e. The van der Waals surface area contributed by atoms with Gasteiger partial charge in [0, 0.05) is 18.7 Å². The number of alkyl halides is 3. The molecule has 1 fully saturated rings. The van der Waals surface area contributed by atoms with Crippen LogP contribution in [-0.4, -0.2) is 24.2 Å². The second-order valence-corrected chi connectivity index (χ2v) is 6.01. The van der Waals surface area contributed by atoms with Gasteiger partial charge in [0.2, 0.25) is 0 Å². The van der Waals surface area contributed by atoms with E-state index in [9.17, 15) is 17.6 Å². The van der Waals surface area contributed by atoms with Crippen LogP contribution in [0.2, 0.25) is 0 Å². The third kappa shape index (κ3) is 2.98. The highest BCUT2D eigenvalue weighted by atomic mass is 19.4. The molecule has 1 heterocycles. The van der Waals surface area contributed by atoms with Crippen LogP contribution in [0.15, 0.2) is 54.6 Å². The monoisotopic (exact) mass is 323 g/mol. The first-order chi connectivity index (χ1) is 10.9. The van der Waals surface area contributed by atoms with Crippen molar-refractivity contribution in [2.45, 2.75) is 24.6 Å². The van der Waals surface area contributed by atoms with E-state index in [4.69, 9.17) is 0 Å². The number of likely N-dealkylation sites (tertiary alicyclic amines) is 1. The Morgan fingerprint density at radius 3 is 2.26 bits per heavy atom. The minimum absolute atomic E-state index is 0.121. The summed E-state index contributed by atoms with van der Waals surface area (Å²) in [6.07, 6.45) is -4.61. The minimum Gasteiger partial charge on any atom is -0.298 e. The van der Waals surface area contributed by atoms with Crippen molar-refractivity contribution < 1.29 is 17.6 Å². The second kappa shape index (κ2) is 5.96. The number of hydrogen-bond donors (Lipinski definition) is 0. The molecular weight excluding hydrogens is 306 g/mol. The lowest BCUT2D eigenvalue weighted by molar-refractivity contribution is -0.187. The van der Waals surface area contributed by atoms with E-state index < -0.39 is 17.4 Å². The van der Waals surface area contributed by atoms with Crippen molar-refractivity contribution in [1.29, 1.82) is 0 Å². The molecule has 1 saturated heterocycles. The summed E-state index contributed by atoms with van der Waals surface area (Å²) in [6, 6.07) is 14.6. The van der Waals surface area contributed by atoms with Gasteiger partial charge in [-0.15, -0.1) is 0 Å². The van der Waals surface area contributed by atoms with Crippen molar-refractivity contribution in [3.63, 3.8) is 0 Å². The zero-order valence-electron chi connectivity index (χ0n) is 12.5. The first-order valence-electron chi connectivity index (χ1n) is 7.50. The van der Waals surface area contributed by atoms with E-state index in [1.807, 2.05) is 30.3 Å². The van der Waals surface area contributed by atoms with Crippen molar-refractivity contribution in [2.75, 3.05) is 13.1 Å². The van der Waals surface area contributed by atoms with Gasteiger partial charge >= 0.3 is 6.18 Å². The first kappa shape index (κ1) is 16.0. The van der Waals surface area contributed by atoms with Crippen molar-refractivity contribution in [3.8, 4) is 0 Å². The number of benzene rings is 2. The van der Waals surface area contributed by atoms with Crippen molar-refractivity contribution in [2.24, 2.45) is 0 Å². The summed E-state index contributed by atoms with van der Waals surface area (Å²) in [5.41, 5.74) is -1.42. The van der Waals surface area contributed by atoms with E-state index in [1.165, 1.54) is 18.2 Å². The van der Waals surface area contributed by atoms with E-state index in [0.717, 1.165) is 11.6 Å². The number of nitrogens with zero attached hydrogens (tertiary/aromatic N) is 1. The molecule has 0 aliphatic carbocycles. The highest BCUT2D eigenvalue weighted by molar-refractivity contribution is 5.32. The fraction of sp³-hybridized carbons (Fsp3) is 0.333. The highest BCUT2D eigenvalue weighted by Gasteiger charge is 2.59. The highest BCUT2D eigenvalue weighted by Crippen LogP contribution is 2.48. The van der Waals surface area contributed by atoms with Crippen LogP contribution in [0.3, 0.4) is 0 Å². The Labute approximate surface area is 132 Å². The molecule has 122 valence electrons. The van der Waals surface area contributed by atoms with Gasteiger partial charge in [0.05, 0.1) is 0 Å². The summed E-state index contributed by atoms with van der Waals surface area (Å²) < 4.78 is 55.5. The van der Waals surface area contributed by atoms with Gasteiger partial charge in [0.25, 0.3) is 0 Å². The zero-order valence-corrected chi connectivity index (χ0v) is 12.5. The average molecular weight is 323 g/mol. The molecule has 0 amide bonds. The van der Waals surface area contributed by atoms with Crippen LogP contribution >= 0.6 is 0 Å². The molecular formula is C18H17F4N. The Balaban J connectivity index is 1.90. The molecule has 5 heteroatoms. The summed E-state index contributed by atoms with van der Waals surface area (Å²) in [5.74, 6) is -0.786. The topological polar surface area (TPSA) is 3.24 Å². The van der Waals surface area contributed by atoms with E-state index in [1.54, 1.807) is 4.90 Å². The predicted octanol–water partition coefficient (Wildman–Crippen LogP) is 4.53. The molecule has 2 aromatic rings. The van der Waals surface area contributed by atoms with Gasteiger partial charge < -0.3 is 0 Å². The quantitative estimate of drug-likeness (QED) is 0.750. The third-order valence-electron chi connectivity index (χ3n) is 4.53. The Hall–Kier alpha value is -1.88. The van der Waals surface area contributed by atoms with Gasteiger partial charge in [-0.25, -0.2) is 4.39 Å². The van der Waals surface area contributed by atoms with E-state index >= 15 is 0 Å². The normalized spacial score (nSPS) is 22.4. The SMILES string of the molecule is Fc1ccccc1C1(C(F)(F)F)CCN(Cc2ccccc2)C1. The Morgan fingerprint density at radius 2 is 1.61 bits per heavy atom. The molecule has 0 bridgehead atoms. The molecule has 0 saturated carbocycles. The standard InChI is InChI=1S/C18H17F4N/c19-16-9-5-4-8-15(16)17(18(20,21)22)10-11-23(13-17)12-14-6-2-1-3-7-14/h1-9H,10-13H2. The van der Waals surface area contributed by atoms with Gasteiger partial charge in [0.1, 0.15) is 11.2 Å². The predicted molar refractivity (Wildman–Crippen MR) is 80.5 cm³/mol. The lowest BCUT2D eigenvalue weighted by atomic mass is 9.78. The van der Waals surface area contributed by atoms with Gasteiger partial charge in [-0.2, -0.15) is 13.2 Å². The smallest absolute Gasteiger partial charge is 0.298 e. The third-order valence-corrected chi connectivity index (χ3v) is 4.53. The zero-order chi connectivity index (χ0) is 16.5. The molecule has 3 rings (SSSR count). The summed E-state index contributed by atoms with van der Waals surface area (Å²) in [6.45, 7) is 0.516. The number of rotatable bonds is 3. The lowest BCUT2D eigenvalue weighted by Gasteiger charge is -2.32. The summed E-state index contributed by atoms with van der Waals surface area (Å²) in [5, 5.41) is 0. The molecule has 1 aliphatic heterocycles. The molecule has 0 spiro atoms. The van der Waals surface area contributed by atoms with E-state index in [2.05, 4.69) is 0 Å². The molecule has 1 nitrogen and oxygen atoms in total. The number of hydrogen-bond acceptors (Lipinski definition) is 1. The molecule has 0 radical (unpaired) electrons. The van der Waals surface area contributed by atoms with Gasteiger partial charge in [-0.3, -0.25) is 4.90 Å². The Bertz CT molecular complexity index is 668. The Morgan fingerprint density at radius 1 is 0.957 bits per heavy atom. The van der Waals surface area contributed by atoms with E-state index in [-0.39, 0.29) is 18.5 Å². The number of halogens is 4. The molecule has 0 aromatic heterocycles. The largest absolute Gasteiger partial charge is 0.399 e. The van der Waals surface area contributed by atoms with Crippen LogP contribution in [0.4, 0.5) is 17.6 Å². The van der Waals surface area contributed by atoms with Crippen LogP contribution in [-0.2, 0) is 12.0 Å². The van der Waals surface area contributed by atoms with Gasteiger partial charge in [-0.1, -0.05) is 48.5 Å². The van der Waals surface area contributed by atoms with Crippen LogP contribution in [0, 0.1) is 5.82 Å². The van der Waals surface area contributed by atoms with Crippen molar-refractivity contribution >= 4 is 0 Å². The van der Waals surface area contributed by atoms with Gasteiger partial charge in [0.15, 0.2) is 0 Å². The minimum atomic E-state index is -4.49. The average Bonchev–Trinajstić information content (AvgIpc) is 2.93. The van der Waals surface area contributed by atoms with Crippen LogP contribution < -0.4 is 0 Å². The lowest BCUT2D eigenvalue weighted by Crippen LogP contribution is -2.45. The van der Waals surface area contributed by atoms with Gasteiger partial charge in [-0.05, 0) is 24.6 Å². The van der Waals surface area contributed by atoms with Crippen molar-refractivity contribution in [3.05, 3.63) is 71.5 Å². The molecule has 0 N–H and O–H groups in total. The van der Waals surface area contributed by atoms with E-state index in [0.29, 0.717) is 13.1 Å². The molecule has 1 atom stereocenters. The Kier molecular flexibility index (Phi) is 4.15. The maximum atomic E-state index is 14.1. The molecule has 2 aromatic carbocycles. The first-order valence-corrected chi connectivity index (χ1v) is 7.50. The summed E-state index contributed by atoms with van der Waals surface area (Å²) in [4.78, 5) is 1.75. The molecule has 1 unspecified atom stereocenters. The second-order valence-electron chi connectivity index (χ2n) is 6.01. The van der Waals surface area contributed by atoms with Crippen LogP contribution in [0.25, 0.3) is 0 Å². The summed E-state index contributed by atoms with van der Waals surface area (Å²) in [7, 11) is 0. The summed E-state index contributed by atoms with van der Waals surface area (Å²) >= 11 is 0. The van der Waals surface area contributed by atoms with Crippen LogP contribution in [0.5, 0.6) is 0 Å². The fourth-order valence-electron chi connectivity index (χ4n) is 3.32.